The average Bonchev–Trinajstić information content (AvgIpc) is 2.22. The zero-order valence-electron chi connectivity index (χ0n) is 8.49. The van der Waals surface area contributed by atoms with Gasteiger partial charge in [-0.15, -0.1) is 0 Å². The van der Waals surface area contributed by atoms with Crippen molar-refractivity contribution in [2.24, 2.45) is 0 Å². The highest BCUT2D eigenvalue weighted by Crippen LogP contribution is 2.07. The molecule has 0 aromatic heterocycles. The minimum Gasteiger partial charge on any atom is -0.395 e. The van der Waals surface area contributed by atoms with Crippen molar-refractivity contribution in [1.82, 2.24) is 5.32 Å². The molecule has 0 aromatic carbocycles. The van der Waals surface area contributed by atoms with E-state index < -0.39 is 0 Å². The zero-order chi connectivity index (χ0) is 10.4. The lowest BCUT2D eigenvalue weighted by Gasteiger charge is -2.15. The molecule has 0 aliphatic heterocycles. The van der Waals surface area contributed by atoms with Crippen molar-refractivity contribution in [1.29, 1.82) is 0 Å². The lowest BCUT2D eigenvalue weighted by atomic mass is 10.1. The van der Waals surface area contributed by atoms with Crippen molar-refractivity contribution in [3.8, 4) is 0 Å². The molecule has 1 aliphatic rings. The van der Waals surface area contributed by atoms with E-state index in [1.165, 1.54) is 5.57 Å². The minimum atomic E-state index is 0.200. The van der Waals surface area contributed by atoms with E-state index in [4.69, 9.17) is 17.3 Å². The van der Waals surface area contributed by atoms with Gasteiger partial charge in [-0.3, -0.25) is 0 Å². The van der Waals surface area contributed by atoms with Gasteiger partial charge in [0.25, 0.3) is 0 Å². The summed E-state index contributed by atoms with van der Waals surface area (Å²) in [4.78, 5) is 0.989. The van der Waals surface area contributed by atoms with Gasteiger partial charge in [0.05, 0.1) is 6.61 Å². The maximum Gasteiger partial charge on any atom is 0.0584 e. The highest BCUT2D eigenvalue weighted by molar-refractivity contribution is 7.80. The molecule has 0 bridgehead atoms. The van der Waals surface area contributed by atoms with Crippen LogP contribution in [0.15, 0.2) is 23.8 Å². The van der Waals surface area contributed by atoms with Gasteiger partial charge in [-0.25, -0.2) is 0 Å². The summed E-state index contributed by atoms with van der Waals surface area (Å²) in [7, 11) is 0. The van der Waals surface area contributed by atoms with Crippen molar-refractivity contribution in [3.05, 3.63) is 23.8 Å². The summed E-state index contributed by atoms with van der Waals surface area (Å²) >= 11 is 5.05. The van der Waals surface area contributed by atoms with Crippen LogP contribution in [0.25, 0.3) is 0 Å². The normalized spacial score (nSPS) is 18.1. The van der Waals surface area contributed by atoms with Crippen molar-refractivity contribution in [3.63, 3.8) is 0 Å². The van der Waals surface area contributed by atoms with Crippen molar-refractivity contribution >= 4 is 17.1 Å². The Hall–Kier alpha value is -0.510. The van der Waals surface area contributed by atoms with E-state index >= 15 is 0 Å². The molecule has 1 rings (SSSR count). The third kappa shape index (κ3) is 3.70. The first kappa shape index (κ1) is 11.6. The van der Waals surface area contributed by atoms with Crippen molar-refractivity contribution in [2.75, 3.05) is 13.2 Å². The van der Waals surface area contributed by atoms with Gasteiger partial charge in [-0.2, -0.15) is 0 Å². The van der Waals surface area contributed by atoms with E-state index in [1.54, 1.807) is 0 Å². The van der Waals surface area contributed by atoms with Crippen LogP contribution in [0.2, 0.25) is 0 Å². The van der Waals surface area contributed by atoms with Crippen LogP contribution in [-0.4, -0.2) is 29.2 Å². The molecule has 1 aliphatic carbocycles. The highest BCUT2D eigenvalue weighted by Gasteiger charge is 2.05. The van der Waals surface area contributed by atoms with Gasteiger partial charge in [-0.1, -0.05) is 31.3 Å². The van der Waals surface area contributed by atoms with E-state index in [9.17, 15) is 0 Å². The lowest BCUT2D eigenvalue weighted by molar-refractivity contribution is 0.242. The number of thiocarbonyl (C=S) groups is 1. The lowest BCUT2D eigenvalue weighted by Crippen LogP contribution is -2.33. The second kappa shape index (κ2) is 6.06. The summed E-state index contributed by atoms with van der Waals surface area (Å²) in [6.45, 7) is 3.08. The van der Waals surface area contributed by atoms with Crippen LogP contribution in [-0.2, 0) is 0 Å². The summed E-state index contributed by atoms with van der Waals surface area (Å²) in [6, 6.07) is 0.207. The van der Waals surface area contributed by atoms with Gasteiger partial charge in [0.15, 0.2) is 0 Å². The largest absolute Gasteiger partial charge is 0.395 e. The molecule has 2 nitrogen and oxygen atoms in total. The summed E-state index contributed by atoms with van der Waals surface area (Å²) in [5.74, 6) is 0. The third-order valence-electron chi connectivity index (χ3n) is 2.36. The van der Waals surface area contributed by atoms with Crippen LogP contribution in [0, 0.1) is 0 Å². The highest BCUT2D eigenvalue weighted by atomic mass is 32.1. The molecule has 0 fully saturated rings. The predicted molar refractivity (Wildman–Crippen MR) is 63.6 cm³/mol. The van der Waals surface area contributed by atoms with Crippen LogP contribution < -0.4 is 5.32 Å². The number of allylic oxidation sites excluding steroid dienone is 2. The van der Waals surface area contributed by atoms with Crippen molar-refractivity contribution < 1.29 is 5.11 Å². The third-order valence-corrected chi connectivity index (χ3v) is 2.66. The number of rotatable bonds is 5. The Morgan fingerprint density at radius 2 is 2.36 bits per heavy atom. The van der Waals surface area contributed by atoms with Gasteiger partial charge in [0.1, 0.15) is 0 Å². The first-order chi connectivity index (χ1) is 6.76. The van der Waals surface area contributed by atoms with E-state index in [1.807, 2.05) is 12.2 Å². The topological polar surface area (TPSA) is 32.3 Å². The van der Waals surface area contributed by atoms with Gasteiger partial charge in [-0.05, 0) is 18.1 Å². The van der Waals surface area contributed by atoms with Crippen LogP contribution in [0.3, 0.4) is 0 Å². The molecule has 0 saturated heterocycles. The Morgan fingerprint density at radius 1 is 1.57 bits per heavy atom. The van der Waals surface area contributed by atoms with E-state index in [-0.39, 0.29) is 12.6 Å². The van der Waals surface area contributed by atoms with E-state index in [0.29, 0.717) is 0 Å². The Bertz CT molecular complexity index is 254. The van der Waals surface area contributed by atoms with Crippen LogP contribution >= 0.6 is 12.2 Å². The number of aliphatic hydroxyl groups excluding tert-OH is 1. The van der Waals surface area contributed by atoms with Crippen LogP contribution in [0.4, 0.5) is 0 Å². The summed E-state index contributed by atoms with van der Waals surface area (Å²) < 4.78 is 0. The minimum absolute atomic E-state index is 0.200. The summed E-state index contributed by atoms with van der Waals surface area (Å²) in [5.41, 5.74) is 1.26. The molecule has 2 N–H and O–H groups in total. The quantitative estimate of drug-likeness (QED) is 0.678. The Kier molecular flexibility index (Phi) is 5.01. The Balaban J connectivity index is 2.32. The molecule has 3 heteroatoms. The summed E-state index contributed by atoms with van der Waals surface area (Å²) in [5, 5.41) is 12.3. The number of nitrogens with one attached hydrogen (secondary N) is 1. The molecule has 78 valence electrons. The molecule has 1 unspecified atom stereocenters. The number of aliphatic hydroxyl groups is 1. The van der Waals surface area contributed by atoms with Crippen LogP contribution in [0.5, 0.6) is 0 Å². The number of hydrogen-bond donors (Lipinski definition) is 2. The Labute approximate surface area is 90.7 Å². The van der Waals surface area contributed by atoms with Gasteiger partial charge < -0.3 is 10.4 Å². The average molecular weight is 211 g/mol. The fourth-order valence-corrected chi connectivity index (χ4v) is 1.45. The molecule has 0 amide bonds. The zero-order valence-corrected chi connectivity index (χ0v) is 9.31. The SMILES string of the molecule is CCC(CO)NCC1=CCC(=S)C=C1. The predicted octanol–water partition coefficient (Wildman–Crippen LogP) is 1.60. The molecule has 0 spiro atoms. The monoisotopic (exact) mass is 211 g/mol. The van der Waals surface area contributed by atoms with Gasteiger partial charge in [0, 0.05) is 23.9 Å². The molecule has 14 heavy (non-hydrogen) atoms. The Morgan fingerprint density at radius 3 is 2.86 bits per heavy atom. The molecule has 1 atom stereocenters. The van der Waals surface area contributed by atoms with E-state index in [2.05, 4.69) is 18.3 Å². The first-order valence-electron chi connectivity index (χ1n) is 5.00. The molecule has 0 saturated carbocycles. The molecular weight excluding hydrogens is 194 g/mol. The first-order valence-corrected chi connectivity index (χ1v) is 5.41. The van der Waals surface area contributed by atoms with E-state index in [0.717, 1.165) is 24.3 Å². The van der Waals surface area contributed by atoms with Gasteiger partial charge >= 0.3 is 0 Å². The molecule has 0 aromatic rings. The molecular formula is C11H17NOS. The second-order valence-electron chi connectivity index (χ2n) is 3.45. The fraction of sp³-hybridized carbons (Fsp3) is 0.545. The second-order valence-corrected chi connectivity index (χ2v) is 3.98. The smallest absolute Gasteiger partial charge is 0.0584 e. The maximum atomic E-state index is 8.98. The fourth-order valence-electron chi connectivity index (χ4n) is 1.30. The maximum absolute atomic E-state index is 8.98. The summed E-state index contributed by atoms with van der Waals surface area (Å²) in [6.07, 6.45) is 7.99. The number of hydrogen-bond acceptors (Lipinski definition) is 3. The van der Waals surface area contributed by atoms with Gasteiger partial charge in [0.2, 0.25) is 0 Å². The molecule has 0 radical (unpaired) electrons. The molecule has 0 heterocycles. The van der Waals surface area contributed by atoms with Crippen molar-refractivity contribution in [2.45, 2.75) is 25.8 Å². The van der Waals surface area contributed by atoms with Crippen LogP contribution in [0.1, 0.15) is 19.8 Å². The standard InChI is InChI=1S/C11H17NOS/c1-2-10(8-13)12-7-9-3-5-11(14)6-4-9/h3-5,10,12-13H,2,6-8H2,1H3.